The van der Waals surface area contributed by atoms with E-state index in [0.717, 1.165) is 42.5 Å². The van der Waals surface area contributed by atoms with Gasteiger partial charge in [0, 0.05) is 42.4 Å². The van der Waals surface area contributed by atoms with Crippen molar-refractivity contribution in [1.29, 1.82) is 0 Å². The molecule has 0 aromatic heterocycles. The molecule has 25 heavy (non-hydrogen) atoms. The Bertz CT molecular complexity index is 636. The molecule has 138 valence electrons. The highest BCUT2D eigenvalue weighted by molar-refractivity contribution is 7.80. The number of benzene rings is 1. The van der Waals surface area contributed by atoms with Crippen molar-refractivity contribution in [3.63, 3.8) is 0 Å². The number of halogens is 1. The van der Waals surface area contributed by atoms with Gasteiger partial charge in [-0.05, 0) is 57.6 Å². The van der Waals surface area contributed by atoms with Crippen LogP contribution in [0.3, 0.4) is 0 Å². The first kappa shape index (κ1) is 19.9. The fourth-order valence-corrected chi connectivity index (χ4v) is 3.12. The molecule has 2 rings (SSSR count). The van der Waals surface area contributed by atoms with Gasteiger partial charge in [0.15, 0.2) is 5.11 Å². The molecule has 0 saturated carbocycles. The third-order valence-electron chi connectivity index (χ3n) is 3.96. The number of amides is 1. The second-order valence-electron chi connectivity index (χ2n) is 7.46. The van der Waals surface area contributed by atoms with E-state index in [0.29, 0.717) is 11.7 Å². The van der Waals surface area contributed by atoms with Gasteiger partial charge in [-0.3, -0.25) is 9.69 Å². The van der Waals surface area contributed by atoms with Crippen LogP contribution in [0.15, 0.2) is 18.2 Å². The van der Waals surface area contributed by atoms with Gasteiger partial charge in [0.1, 0.15) is 0 Å². The number of aryl methyl sites for hydroxylation is 1. The molecule has 0 spiro atoms. The van der Waals surface area contributed by atoms with Crippen LogP contribution in [0.4, 0.5) is 5.69 Å². The molecule has 5 nitrogen and oxygen atoms in total. The Morgan fingerprint density at radius 3 is 2.44 bits per heavy atom. The number of piperazine rings is 1. The van der Waals surface area contributed by atoms with E-state index in [9.17, 15) is 4.79 Å². The van der Waals surface area contributed by atoms with Gasteiger partial charge in [0.2, 0.25) is 5.91 Å². The maximum atomic E-state index is 12.0. The molecule has 1 aliphatic heterocycles. The number of anilines is 1. The fourth-order valence-electron chi connectivity index (χ4n) is 2.64. The number of rotatable bonds is 3. The molecule has 1 aromatic rings. The molecule has 7 heteroatoms. The van der Waals surface area contributed by atoms with Crippen molar-refractivity contribution in [2.24, 2.45) is 0 Å². The van der Waals surface area contributed by atoms with Crippen LogP contribution in [0.1, 0.15) is 26.3 Å². The molecule has 0 aliphatic carbocycles. The van der Waals surface area contributed by atoms with Crippen LogP contribution >= 0.6 is 23.8 Å². The average molecular weight is 383 g/mol. The molecule has 0 atom stereocenters. The van der Waals surface area contributed by atoms with Crippen molar-refractivity contribution in [2.45, 2.75) is 33.2 Å². The van der Waals surface area contributed by atoms with E-state index in [1.807, 2.05) is 45.9 Å². The molecule has 1 saturated heterocycles. The topological polar surface area (TPSA) is 47.6 Å². The van der Waals surface area contributed by atoms with Crippen molar-refractivity contribution in [2.75, 3.05) is 38.0 Å². The van der Waals surface area contributed by atoms with Gasteiger partial charge in [-0.1, -0.05) is 17.7 Å². The lowest BCUT2D eigenvalue weighted by Gasteiger charge is -2.36. The summed E-state index contributed by atoms with van der Waals surface area (Å²) in [5.41, 5.74) is 1.74. The van der Waals surface area contributed by atoms with Gasteiger partial charge in [-0.2, -0.15) is 0 Å². The van der Waals surface area contributed by atoms with Crippen molar-refractivity contribution in [1.82, 2.24) is 15.1 Å². The Hall–Kier alpha value is -1.37. The Morgan fingerprint density at radius 2 is 1.88 bits per heavy atom. The van der Waals surface area contributed by atoms with Gasteiger partial charge in [0.25, 0.3) is 0 Å². The maximum absolute atomic E-state index is 12.0. The van der Waals surface area contributed by atoms with E-state index >= 15 is 0 Å². The first-order valence-corrected chi connectivity index (χ1v) is 9.28. The van der Waals surface area contributed by atoms with Crippen LogP contribution < -0.4 is 10.6 Å². The summed E-state index contributed by atoms with van der Waals surface area (Å²) in [7, 11) is 0. The average Bonchev–Trinajstić information content (AvgIpc) is 2.49. The Kier molecular flexibility index (Phi) is 6.65. The highest BCUT2D eigenvalue weighted by Crippen LogP contribution is 2.20. The first-order valence-electron chi connectivity index (χ1n) is 8.49. The van der Waals surface area contributed by atoms with Gasteiger partial charge in [-0.15, -0.1) is 0 Å². The predicted octanol–water partition coefficient (Wildman–Crippen LogP) is 2.88. The summed E-state index contributed by atoms with van der Waals surface area (Å²) in [5, 5.41) is 7.66. The van der Waals surface area contributed by atoms with Crippen molar-refractivity contribution in [3.05, 3.63) is 28.8 Å². The lowest BCUT2D eigenvalue weighted by molar-refractivity contribution is -0.123. The van der Waals surface area contributed by atoms with Crippen molar-refractivity contribution in [3.8, 4) is 0 Å². The van der Waals surface area contributed by atoms with Gasteiger partial charge in [-0.25, -0.2) is 0 Å². The molecular weight excluding hydrogens is 356 g/mol. The summed E-state index contributed by atoms with van der Waals surface area (Å²) in [4.78, 5) is 16.3. The van der Waals surface area contributed by atoms with Gasteiger partial charge in [0.05, 0.1) is 6.54 Å². The summed E-state index contributed by atoms with van der Waals surface area (Å²) >= 11 is 11.7. The molecule has 0 unspecified atom stereocenters. The molecule has 1 aliphatic rings. The van der Waals surface area contributed by atoms with E-state index in [1.54, 1.807) is 0 Å². The molecular formula is C18H27ClN4OS. The zero-order valence-electron chi connectivity index (χ0n) is 15.4. The zero-order valence-corrected chi connectivity index (χ0v) is 16.9. The number of nitrogens with zero attached hydrogens (tertiary/aromatic N) is 2. The summed E-state index contributed by atoms with van der Waals surface area (Å²) < 4.78 is 0. The van der Waals surface area contributed by atoms with Crippen LogP contribution in [0.25, 0.3) is 0 Å². The van der Waals surface area contributed by atoms with Gasteiger partial charge >= 0.3 is 0 Å². The third-order valence-corrected chi connectivity index (χ3v) is 4.73. The lowest BCUT2D eigenvalue weighted by Crippen LogP contribution is -2.53. The summed E-state index contributed by atoms with van der Waals surface area (Å²) in [6, 6.07) is 5.83. The molecule has 0 radical (unpaired) electrons. The number of nitrogens with one attached hydrogen (secondary N) is 2. The number of hydrogen-bond acceptors (Lipinski definition) is 3. The van der Waals surface area contributed by atoms with Crippen LogP contribution in [0.2, 0.25) is 5.02 Å². The predicted molar refractivity (Wildman–Crippen MR) is 108 cm³/mol. The van der Waals surface area contributed by atoms with Crippen LogP contribution in [-0.2, 0) is 4.79 Å². The molecule has 1 aromatic carbocycles. The smallest absolute Gasteiger partial charge is 0.234 e. The van der Waals surface area contributed by atoms with E-state index in [4.69, 9.17) is 23.8 Å². The van der Waals surface area contributed by atoms with Crippen LogP contribution in [-0.4, -0.2) is 59.1 Å². The van der Waals surface area contributed by atoms with E-state index in [1.165, 1.54) is 0 Å². The number of hydrogen-bond donors (Lipinski definition) is 2. The summed E-state index contributed by atoms with van der Waals surface area (Å²) in [6.45, 7) is 11.6. The second kappa shape index (κ2) is 8.34. The molecule has 1 heterocycles. The van der Waals surface area contributed by atoms with E-state index in [-0.39, 0.29) is 11.4 Å². The summed E-state index contributed by atoms with van der Waals surface area (Å²) in [6.07, 6.45) is 0. The first-order chi connectivity index (χ1) is 11.6. The largest absolute Gasteiger partial charge is 0.350 e. The van der Waals surface area contributed by atoms with E-state index in [2.05, 4.69) is 20.4 Å². The van der Waals surface area contributed by atoms with Crippen molar-refractivity contribution >= 4 is 40.5 Å². The highest BCUT2D eigenvalue weighted by Gasteiger charge is 2.22. The third kappa shape index (κ3) is 6.45. The standard InChI is InChI=1S/C18H27ClN4OS/c1-13-5-6-14(11-15(13)19)20-17(25)23-9-7-22(8-10-23)12-16(24)21-18(2,3)4/h5-6,11H,7-10,12H2,1-4H3,(H,20,25)(H,21,24). The monoisotopic (exact) mass is 382 g/mol. The second-order valence-corrected chi connectivity index (χ2v) is 8.25. The number of carbonyl (C=O) groups excluding carboxylic acids is 1. The zero-order chi connectivity index (χ0) is 18.6. The van der Waals surface area contributed by atoms with Gasteiger partial charge < -0.3 is 15.5 Å². The molecule has 0 bridgehead atoms. The number of thiocarbonyl (C=S) groups is 1. The Labute approximate surface area is 160 Å². The minimum Gasteiger partial charge on any atom is -0.350 e. The minimum absolute atomic E-state index is 0.0657. The SMILES string of the molecule is Cc1ccc(NC(=S)N2CCN(CC(=O)NC(C)(C)C)CC2)cc1Cl. The van der Waals surface area contributed by atoms with Crippen molar-refractivity contribution < 1.29 is 4.79 Å². The number of carbonyl (C=O) groups is 1. The maximum Gasteiger partial charge on any atom is 0.234 e. The Balaban J connectivity index is 1.80. The fraction of sp³-hybridized carbons (Fsp3) is 0.556. The molecule has 1 amide bonds. The lowest BCUT2D eigenvalue weighted by atomic mass is 10.1. The summed E-state index contributed by atoms with van der Waals surface area (Å²) in [5.74, 6) is 0.0657. The highest BCUT2D eigenvalue weighted by atomic mass is 35.5. The Morgan fingerprint density at radius 1 is 1.24 bits per heavy atom. The van der Waals surface area contributed by atoms with Crippen LogP contribution in [0, 0.1) is 6.92 Å². The minimum atomic E-state index is -0.195. The quantitative estimate of drug-likeness (QED) is 0.787. The molecule has 1 fully saturated rings. The molecule has 2 N–H and O–H groups in total. The van der Waals surface area contributed by atoms with E-state index < -0.39 is 0 Å². The normalized spacial score (nSPS) is 15.8. The van der Waals surface area contributed by atoms with Crippen LogP contribution in [0.5, 0.6) is 0 Å².